The third kappa shape index (κ3) is 3.29. The van der Waals surface area contributed by atoms with E-state index >= 15 is 0 Å². The van der Waals surface area contributed by atoms with E-state index in [1.807, 2.05) is 0 Å². The second kappa shape index (κ2) is 5.18. The first-order valence-electron chi connectivity index (χ1n) is 4.72. The van der Waals surface area contributed by atoms with Gasteiger partial charge in [0, 0.05) is 5.02 Å². The van der Waals surface area contributed by atoms with Crippen molar-refractivity contribution in [2.24, 2.45) is 0 Å². The van der Waals surface area contributed by atoms with Crippen LogP contribution in [0.4, 0.5) is 22.0 Å². The Labute approximate surface area is 99.6 Å². The molecule has 7 heteroatoms. The van der Waals surface area contributed by atoms with Gasteiger partial charge in [0.2, 0.25) is 0 Å². The van der Waals surface area contributed by atoms with Gasteiger partial charge in [-0.1, -0.05) is 18.5 Å². The minimum Gasteiger partial charge on any atom is -0.303 e. The van der Waals surface area contributed by atoms with E-state index in [0.717, 1.165) is 0 Å². The van der Waals surface area contributed by atoms with E-state index in [1.54, 1.807) is 0 Å². The van der Waals surface area contributed by atoms with Crippen LogP contribution in [0.15, 0.2) is 12.1 Å². The maximum Gasteiger partial charge on any atom is 0.407 e. The summed E-state index contributed by atoms with van der Waals surface area (Å²) in [6.07, 6.45) is -4.64. The number of halogens is 6. The Kier molecular flexibility index (Phi) is 4.32. The highest BCUT2D eigenvalue weighted by molar-refractivity contribution is 6.31. The minimum absolute atomic E-state index is 0.0134. The second-order valence-electron chi connectivity index (χ2n) is 3.32. The SMILES string of the molecule is CCNC(c1cc(F)c(F)cc1Cl)C(F)(F)F. The average molecular weight is 274 g/mol. The predicted octanol–water partition coefficient (Wildman–Crippen LogP) is 3.83. The van der Waals surface area contributed by atoms with E-state index < -0.39 is 34.4 Å². The summed E-state index contributed by atoms with van der Waals surface area (Å²) in [6.45, 7) is 1.48. The lowest BCUT2D eigenvalue weighted by Gasteiger charge is -2.22. The molecule has 0 aromatic heterocycles. The van der Waals surface area contributed by atoms with Crippen LogP contribution in [0.2, 0.25) is 5.02 Å². The Balaban J connectivity index is 3.23. The molecule has 17 heavy (non-hydrogen) atoms. The van der Waals surface area contributed by atoms with Gasteiger partial charge >= 0.3 is 6.18 Å². The van der Waals surface area contributed by atoms with Crippen molar-refractivity contribution < 1.29 is 22.0 Å². The number of hydrogen-bond donors (Lipinski definition) is 1. The van der Waals surface area contributed by atoms with Gasteiger partial charge in [-0.15, -0.1) is 0 Å². The molecule has 0 amide bonds. The highest BCUT2D eigenvalue weighted by Gasteiger charge is 2.41. The van der Waals surface area contributed by atoms with Crippen molar-refractivity contribution in [3.05, 3.63) is 34.4 Å². The van der Waals surface area contributed by atoms with Gasteiger partial charge in [0.25, 0.3) is 0 Å². The van der Waals surface area contributed by atoms with Gasteiger partial charge in [0.05, 0.1) is 0 Å². The number of rotatable bonds is 3. The summed E-state index contributed by atoms with van der Waals surface area (Å²) in [5.41, 5.74) is -0.528. The molecule has 1 atom stereocenters. The Bertz CT molecular complexity index is 404. The third-order valence-electron chi connectivity index (χ3n) is 2.09. The molecular weight excluding hydrogens is 265 g/mol. The summed E-state index contributed by atoms with van der Waals surface area (Å²) < 4.78 is 63.7. The zero-order chi connectivity index (χ0) is 13.2. The van der Waals surface area contributed by atoms with E-state index in [2.05, 4.69) is 5.32 Å². The second-order valence-corrected chi connectivity index (χ2v) is 3.73. The molecule has 0 saturated carbocycles. The van der Waals surface area contributed by atoms with Crippen LogP contribution in [-0.2, 0) is 0 Å². The van der Waals surface area contributed by atoms with E-state index in [1.165, 1.54) is 6.92 Å². The monoisotopic (exact) mass is 273 g/mol. The van der Waals surface area contributed by atoms with Crippen LogP contribution in [-0.4, -0.2) is 12.7 Å². The fraction of sp³-hybridized carbons (Fsp3) is 0.400. The Morgan fingerprint density at radius 3 is 2.24 bits per heavy atom. The molecule has 1 rings (SSSR count). The summed E-state index contributed by atoms with van der Waals surface area (Å²) in [5, 5.41) is 1.66. The van der Waals surface area contributed by atoms with Gasteiger partial charge in [-0.2, -0.15) is 13.2 Å². The molecule has 1 aromatic carbocycles. The van der Waals surface area contributed by atoms with E-state index in [0.29, 0.717) is 12.1 Å². The molecule has 0 aliphatic heterocycles. The lowest BCUT2D eigenvalue weighted by atomic mass is 10.1. The fourth-order valence-corrected chi connectivity index (χ4v) is 1.62. The Morgan fingerprint density at radius 2 is 1.76 bits per heavy atom. The average Bonchev–Trinajstić information content (AvgIpc) is 2.19. The Hall–Kier alpha value is -0.880. The number of benzene rings is 1. The normalized spacial score (nSPS) is 13.8. The van der Waals surface area contributed by atoms with Crippen molar-refractivity contribution in [2.75, 3.05) is 6.54 Å². The molecule has 1 aromatic rings. The van der Waals surface area contributed by atoms with Crippen LogP contribution in [0.25, 0.3) is 0 Å². The smallest absolute Gasteiger partial charge is 0.303 e. The molecule has 0 fully saturated rings. The van der Waals surface area contributed by atoms with Crippen molar-refractivity contribution in [1.29, 1.82) is 0 Å². The number of alkyl halides is 3. The highest BCUT2D eigenvalue weighted by Crippen LogP contribution is 2.36. The number of nitrogens with one attached hydrogen (secondary N) is 1. The molecule has 1 unspecified atom stereocenters. The molecular formula is C10H9ClF5N. The van der Waals surface area contributed by atoms with Crippen LogP contribution in [0.1, 0.15) is 18.5 Å². The zero-order valence-electron chi connectivity index (χ0n) is 8.71. The number of hydrogen-bond acceptors (Lipinski definition) is 1. The Morgan fingerprint density at radius 1 is 1.24 bits per heavy atom. The van der Waals surface area contributed by atoms with Crippen LogP contribution in [0, 0.1) is 11.6 Å². The molecule has 0 bridgehead atoms. The highest BCUT2D eigenvalue weighted by atomic mass is 35.5. The van der Waals surface area contributed by atoms with Gasteiger partial charge in [0.1, 0.15) is 6.04 Å². The summed E-state index contributed by atoms with van der Waals surface area (Å²) >= 11 is 5.49. The van der Waals surface area contributed by atoms with Gasteiger partial charge in [0.15, 0.2) is 11.6 Å². The molecule has 0 saturated heterocycles. The first-order chi connectivity index (χ1) is 7.77. The summed E-state index contributed by atoms with van der Waals surface area (Å²) in [4.78, 5) is 0. The quantitative estimate of drug-likeness (QED) is 0.652. The standard InChI is InChI=1S/C10H9ClF5N/c1-2-17-9(10(14,15)16)5-3-7(12)8(13)4-6(5)11/h3-4,9,17H,2H2,1H3. The largest absolute Gasteiger partial charge is 0.407 e. The van der Waals surface area contributed by atoms with Crippen LogP contribution < -0.4 is 5.32 Å². The zero-order valence-corrected chi connectivity index (χ0v) is 9.46. The molecule has 0 heterocycles. The van der Waals surface area contributed by atoms with Gasteiger partial charge in [-0.05, 0) is 24.2 Å². The molecule has 0 radical (unpaired) electrons. The van der Waals surface area contributed by atoms with Crippen LogP contribution >= 0.6 is 11.6 Å². The third-order valence-corrected chi connectivity index (χ3v) is 2.41. The summed E-state index contributed by atoms with van der Waals surface area (Å²) in [7, 11) is 0. The first kappa shape index (κ1) is 14.2. The summed E-state index contributed by atoms with van der Waals surface area (Å²) in [5.74, 6) is -2.65. The van der Waals surface area contributed by atoms with Crippen LogP contribution in [0.5, 0.6) is 0 Å². The minimum atomic E-state index is -4.64. The first-order valence-corrected chi connectivity index (χ1v) is 5.09. The van der Waals surface area contributed by atoms with Crippen molar-refractivity contribution >= 4 is 11.6 Å². The van der Waals surface area contributed by atoms with E-state index in [-0.39, 0.29) is 6.54 Å². The summed E-state index contributed by atoms with van der Waals surface area (Å²) in [6, 6.07) is -1.13. The van der Waals surface area contributed by atoms with Crippen molar-refractivity contribution in [2.45, 2.75) is 19.1 Å². The molecule has 1 N–H and O–H groups in total. The van der Waals surface area contributed by atoms with Crippen LogP contribution in [0.3, 0.4) is 0 Å². The lowest BCUT2D eigenvalue weighted by Crippen LogP contribution is -2.34. The maximum atomic E-state index is 12.9. The molecule has 1 nitrogen and oxygen atoms in total. The lowest BCUT2D eigenvalue weighted by molar-refractivity contribution is -0.157. The topological polar surface area (TPSA) is 12.0 Å². The molecule has 0 aliphatic rings. The van der Waals surface area contributed by atoms with E-state index in [9.17, 15) is 22.0 Å². The van der Waals surface area contributed by atoms with Crippen molar-refractivity contribution in [1.82, 2.24) is 5.32 Å². The van der Waals surface area contributed by atoms with Crippen molar-refractivity contribution in [3.63, 3.8) is 0 Å². The van der Waals surface area contributed by atoms with Gasteiger partial charge in [-0.3, -0.25) is 0 Å². The molecule has 0 spiro atoms. The van der Waals surface area contributed by atoms with Gasteiger partial charge in [-0.25, -0.2) is 8.78 Å². The maximum absolute atomic E-state index is 12.9. The molecule has 0 aliphatic carbocycles. The van der Waals surface area contributed by atoms with Gasteiger partial charge < -0.3 is 5.32 Å². The fourth-order valence-electron chi connectivity index (χ4n) is 1.37. The predicted molar refractivity (Wildman–Crippen MR) is 53.8 cm³/mol. The molecule has 96 valence electrons. The van der Waals surface area contributed by atoms with E-state index in [4.69, 9.17) is 11.6 Å². The van der Waals surface area contributed by atoms with Crippen molar-refractivity contribution in [3.8, 4) is 0 Å².